The Morgan fingerprint density at radius 2 is 1.72 bits per heavy atom. The first-order valence-electron chi connectivity index (χ1n) is 8.52. The minimum absolute atomic E-state index is 0.0905. The number of nitrogens with one attached hydrogen (secondary N) is 2. The van der Waals surface area contributed by atoms with E-state index in [-0.39, 0.29) is 33.3 Å². The second-order valence-electron chi connectivity index (χ2n) is 6.19. The van der Waals surface area contributed by atoms with Gasteiger partial charge in [0, 0.05) is 31.0 Å². The van der Waals surface area contributed by atoms with E-state index in [0.29, 0.717) is 0 Å². The van der Waals surface area contributed by atoms with Gasteiger partial charge in [-0.1, -0.05) is 6.07 Å². The number of carbonyl (C=O) groups excluding carboxylic acids is 1. The Morgan fingerprint density at radius 3 is 2.31 bits per heavy atom. The normalized spacial score (nSPS) is 11.9. The maximum Gasteiger partial charge on any atom is 0.255 e. The van der Waals surface area contributed by atoms with Crippen LogP contribution in [0.4, 0.5) is 11.4 Å². The number of rotatable bonds is 8. The molecule has 2 rings (SSSR count). The third-order valence-corrected chi connectivity index (χ3v) is 7.10. The molecule has 11 heteroatoms. The monoisotopic (exact) mass is 441 g/mol. The van der Waals surface area contributed by atoms with Crippen LogP contribution in [-0.4, -0.2) is 54.0 Å². The van der Waals surface area contributed by atoms with E-state index in [1.807, 2.05) is 0 Å². The standard InChI is InChI=1S/C18H23N3O6S2/c1-5-28(23,24)20-15-8-6-7-13(11-15)18(22)19-14-9-10-16(27-4)17(12-14)29(25,26)21(2)3/h6-12,20H,5H2,1-4H3,(H,19,22). The van der Waals surface area contributed by atoms with Crippen LogP contribution in [0, 0.1) is 0 Å². The lowest BCUT2D eigenvalue weighted by molar-refractivity contribution is 0.102. The average molecular weight is 442 g/mol. The third-order valence-electron chi connectivity index (χ3n) is 3.96. The van der Waals surface area contributed by atoms with E-state index in [9.17, 15) is 21.6 Å². The second-order valence-corrected chi connectivity index (χ2v) is 10.3. The number of carbonyl (C=O) groups is 1. The summed E-state index contributed by atoms with van der Waals surface area (Å²) in [5, 5.41) is 2.61. The van der Waals surface area contributed by atoms with Gasteiger partial charge >= 0.3 is 0 Å². The van der Waals surface area contributed by atoms with E-state index in [1.165, 1.54) is 64.5 Å². The van der Waals surface area contributed by atoms with Gasteiger partial charge in [-0.2, -0.15) is 0 Å². The van der Waals surface area contributed by atoms with Gasteiger partial charge in [0.25, 0.3) is 5.91 Å². The lowest BCUT2D eigenvalue weighted by atomic mass is 10.2. The summed E-state index contributed by atoms with van der Waals surface area (Å²) in [5.41, 5.74) is 0.704. The van der Waals surface area contributed by atoms with E-state index in [2.05, 4.69) is 10.0 Å². The fourth-order valence-electron chi connectivity index (χ4n) is 2.33. The van der Waals surface area contributed by atoms with Crippen molar-refractivity contribution in [1.82, 2.24) is 4.31 Å². The minimum atomic E-state index is -3.79. The zero-order chi connectivity index (χ0) is 21.8. The van der Waals surface area contributed by atoms with Crippen molar-refractivity contribution in [3.63, 3.8) is 0 Å². The zero-order valence-electron chi connectivity index (χ0n) is 16.5. The number of sulfonamides is 2. The molecule has 0 aliphatic rings. The Balaban J connectivity index is 2.32. The van der Waals surface area contributed by atoms with Gasteiger partial charge in [0.05, 0.1) is 12.9 Å². The number of nitrogens with zero attached hydrogens (tertiary/aromatic N) is 1. The Hall–Kier alpha value is -2.63. The molecule has 158 valence electrons. The van der Waals surface area contributed by atoms with Crippen molar-refractivity contribution >= 4 is 37.3 Å². The Kier molecular flexibility index (Phi) is 6.88. The number of amides is 1. The van der Waals surface area contributed by atoms with Crippen molar-refractivity contribution in [1.29, 1.82) is 0 Å². The molecule has 2 aromatic rings. The topological polar surface area (TPSA) is 122 Å². The number of hydrogen-bond acceptors (Lipinski definition) is 6. The molecule has 0 heterocycles. The van der Waals surface area contributed by atoms with Crippen molar-refractivity contribution in [2.75, 3.05) is 37.0 Å². The van der Waals surface area contributed by atoms with Gasteiger partial charge in [-0.3, -0.25) is 9.52 Å². The highest BCUT2D eigenvalue weighted by atomic mass is 32.2. The van der Waals surface area contributed by atoms with Crippen molar-refractivity contribution in [2.45, 2.75) is 11.8 Å². The molecule has 0 spiro atoms. The van der Waals surface area contributed by atoms with E-state index in [1.54, 1.807) is 6.07 Å². The van der Waals surface area contributed by atoms with Crippen molar-refractivity contribution in [3.05, 3.63) is 48.0 Å². The fraction of sp³-hybridized carbons (Fsp3) is 0.278. The predicted molar refractivity (Wildman–Crippen MR) is 111 cm³/mol. The van der Waals surface area contributed by atoms with Crippen LogP contribution in [0.1, 0.15) is 17.3 Å². The van der Waals surface area contributed by atoms with E-state index < -0.39 is 26.0 Å². The highest BCUT2D eigenvalue weighted by molar-refractivity contribution is 7.92. The molecule has 9 nitrogen and oxygen atoms in total. The molecular formula is C18H23N3O6S2. The van der Waals surface area contributed by atoms with Gasteiger partial charge in [0.2, 0.25) is 20.0 Å². The minimum Gasteiger partial charge on any atom is -0.495 e. The quantitative estimate of drug-likeness (QED) is 0.646. The third kappa shape index (κ3) is 5.46. The molecule has 0 fully saturated rings. The average Bonchev–Trinajstić information content (AvgIpc) is 2.67. The van der Waals surface area contributed by atoms with Crippen LogP contribution in [0.2, 0.25) is 0 Å². The van der Waals surface area contributed by atoms with Crippen LogP contribution in [-0.2, 0) is 20.0 Å². The van der Waals surface area contributed by atoms with Gasteiger partial charge in [0.1, 0.15) is 10.6 Å². The highest BCUT2D eigenvalue weighted by Gasteiger charge is 2.23. The maximum atomic E-state index is 12.6. The van der Waals surface area contributed by atoms with Gasteiger partial charge in [-0.05, 0) is 43.3 Å². The number of methoxy groups -OCH3 is 1. The lowest BCUT2D eigenvalue weighted by Gasteiger charge is -2.16. The number of hydrogen-bond donors (Lipinski definition) is 2. The molecule has 0 radical (unpaired) electrons. The van der Waals surface area contributed by atoms with Gasteiger partial charge in [-0.25, -0.2) is 21.1 Å². The van der Waals surface area contributed by atoms with Crippen LogP contribution in [0.25, 0.3) is 0 Å². The van der Waals surface area contributed by atoms with Gasteiger partial charge < -0.3 is 10.1 Å². The molecule has 0 bridgehead atoms. The summed E-state index contributed by atoms with van der Waals surface area (Å²) in [6.07, 6.45) is 0. The molecule has 0 aliphatic carbocycles. The van der Waals surface area contributed by atoms with Crippen LogP contribution < -0.4 is 14.8 Å². The molecule has 1 amide bonds. The summed E-state index contributed by atoms with van der Waals surface area (Å²) in [4.78, 5) is 12.5. The first kappa shape index (κ1) is 22.7. The smallest absolute Gasteiger partial charge is 0.255 e. The lowest BCUT2D eigenvalue weighted by Crippen LogP contribution is -2.23. The summed E-state index contributed by atoms with van der Waals surface area (Å²) in [7, 11) is -3.14. The molecule has 0 saturated carbocycles. The molecule has 0 saturated heterocycles. The first-order chi connectivity index (χ1) is 13.5. The molecule has 0 aliphatic heterocycles. The van der Waals surface area contributed by atoms with Crippen molar-refractivity contribution in [3.8, 4) is 5.75 Å². The summed E-state index contributed by atoms with van der Waals surface area (Å²) in [6, 6.07) is 10.2. The predicted octanol–water partition coefficient (Wildman–Crippen LogP) is 1.96. The number of anilines is 2. The highest BCUT2D eigenvalue weighted by Crippen LogP contribution is 2.29. The molecule has 2 N–H and O–H groups in total. The van der Waals surface area contributed by atoms with Crippen LogP contribution in [0.15, 0.2) is 47.4 Å². The van der Waals surface area contributed by atoms with Gasteiger partial charge in [-0.15, -0.1) is 0 Å². The zero-order valence-corrected chi connectivity index (χ0v) is 18.1. The van der Waals surface area contributed by atoms with Crippen molar-refractivity contribution in [2.24, 2.45) is 0 Å². The van der Waals surface area contributed by atoms with Gasteiger partial charge in [0.15, 0.2) is 0 Å². The molecule has 2 aromatic carbocycles. The fourth-order valence-corrected chi connectivity index (χ4v) is 4.04. The maximum absolute atomic E-state index is 12.6. The largest absolute Gasteiger partial charge is 0.495 e. The summed E-state index contributed by atoms with van der Waals surface area (Å²) >= 11 is 0. The van der Waals surface area contributed by atoms with E-state index >= 15 is 0 Å². The van der Waals surface area contributed by atoms with Crippen LogP contribution in [0.5, 0.6) is 5.75 Å². The van der Waals surface area contributed by atoms with E-state index in [0.717, 1.165) is 4.31 Å². The Labute approximate surface area is 170 Å². The molecule has 0 unspecified atom stereocenters. The molecule has 0 aromatic heterocycles. The van der Waals surface area contributed by atoms with Crippen LogP contribution in [0.3, 0.4) is 0 Å². The first-order valence-corrected chi connectivity index (χ1v) is 11.6. The molecule has 0 atom stereocenters. The second kappa shape index (κ2) is 8.80. The Bertz CT molecular complexity index is 1110. The SMILES string of the molecule is CCS(=O)(=O)Nc1cccc(C(=O)Nc2ccc(OC)c(S(=O)(=O)N(C)C)c2)c1. The van der Waals surface area contributed by atoms with Crippen molar-refractivity contribution < 1.29 is 26.4 Å². The van der Waals surface area contributed by atoms with E-state index in [4.69, 9.17) is 4.74 Å². The summed E-state index contributed by atoms with van der Waals surface area (Å²) in [5.74, 6) is -0.480. The van der Waals surface area contributed by atoms with Crippen LogP contribution >= 0.6 is 0 Å². The summed E-state index contributed by atoms with van der Waals surface area (Å²) in [6.45, 7) is 1.50. The molecule has 29 heavy (non-hydrogen) atoms. The summed E-state index contributed by atoms with van der Waals surface area (Å²) < 4.78 is 56.9. The Morgan fingerprint density at radius 1 is 1.03 bits per heavy atom. The number of benzene rings is 2. The number of ether oxygens (including phenoxy) is 1. The molecular weight excluding hydrogens is 418 g/mol.